The van der Waals surface area contributed by atoms with Crippen LogP contribution in [0.3, 0.4) is 0 Å². The molecule has 0 fully saturated rings. The zero-order valence-corrected chi connectivity index (χ0v) is 16.7. The second-order valence-electron chi connectivity index (χ2n) is 5.63. The minimum atomic E-state index is -0.531. The van der Waals surface area contributed by atoms with Crippen LogP contribution in [0.25, 0.3) is 0 Å². The van der Waals surface area contributed by atoms with Crippen LogP contribution in [0.1, 0.15) is 19.3 Å². The standard InChI is InChI=1S/C19H18BrClN2O4/c20-13-7-9-15(10-8-13)22-18(25)12-27-19(26)6-2-5-17(24)23-16-4-1-3-14(21)11-16/h1,3-4,7-11H,2,5-6,12H2,(H,22,25)(H,23,24). The fraction of sp³-hybridized carbons (Fsp3) is 0.211. The van der Waals surface area contributed by atoms with Crippen molar-refractivity contribution in [2.75, 3.05) is 17.2 Å². The Balaban J connectivity index is 1.62. The molecule has 0 aliphatic rings. The zero-order chi connectivity index (χ0) is 19.6. The van der Waals surface area contributed by atoms with Crippen LogP contribution in [0.5, 0.6) is 0 Å². The maximum Gasteiger partial charge on any atom is 0.306 e. The summed E-state index contributed by atoms with van der Waals surface area (Å²) in [5, 5.41) is 5.84. The Morgan fingerprint density at radius 3 is 2.33 bits per heavy atom. The number of carbonyl (C=O) groups is 3. The molecular formula is C19H18BrClN2O4. The van der Waals surface area contributed by atoms with E-state index >= 15 is 0 Å². The van der Waals surface area contributed by atoms with E-state index in [4.69, 9.17) is 16.3 Å². The number of benzene rings is 2. The van der Waals surface area contributed by atoms with Gasteiger partial charge in [0.15, 0.2) is 6.61 Å². The summed E-state index contributed by atoms with van der Waals surface area (Å²) in [5.41, 5.74) is 1.21. The van der Waals surface area contributed by atoms with Gasteiger partial charge in [0.05, 0.1) is 0 Å². The summed E-state index contributed by atoms with van der Waals surface area (Å²) in [4.78, 5) is 35.2. The maximum atomic E-state index is 11.8. The molecule has 0 heterocycles. The summed E-state index contributed by atoms with van der Waals surface area (Å²) in [7, 11) is 0. The average molecular weight is 454 g/mol. The lowest BCUT2D eigenvalue weighted by molar-refractivity contribution is -0.147. The van der Waals surface area contributed by atoms with Crippen LogP contribution in [0, 0.1) is 0 Å². The molecule has 0 aliphatic heterocycles. The van der Waals surface area contributed by atoms with Crippen molar-refractivity contribution in [2.24, 2.45) is 0 Å². The molecule has 2 aromatic rings. The molecule has 0 spiro atoms. The van der Waals surface area contributed by atoms with E-state index in [-0.39, 0.29) is 25.4 Å². The van der Waals surface area contributed by atoms with Crippen molar-refractivity contribution in [3.05, 3.63) is 58.0 Å². The third-order valence-corrected chi connectivity index (χ3v) is 4.15. The SMILES string of the molecule is O=C(CCCC(=O)OCC(=O)Nc1ccc(Br)cc1)Nc1cccc(Cl)c1. The van der Waals surface area contributed by atoms with E-state index in [1.807, 2.05) is 0 Å². The smallest absolute Gasteiger partial charge is 0.306 e. The number of rotatable bonds is 8. The van der Waals surface area contributed by atoms with Gasteiger partial charge in [-0.1, -0.05) is 33.6 Å². The van der Waals surface area contributed by atoms with Crippen LogP contribution in [0.15, 0.2) is 53.0 Å². The molecule has 27 heavy (non-hydrogen) atoms. The van der Waals surface area contributed by atoms with Crippen molar-refractivity contribution in [2.45, 2.75) is 19.3 Å². The van der Waals surface area contributed by atoms with Gasteiger partial charge in [-0.3, -0.25) is 14.4 Å². The largest absolute Gasteiger partial charge is 0.456 e. The van der Waals surface area contributed by atoms with Crippen LogP contribution in [0.4, 0.5) is 11.4 Å². The van der Waals surface area contributed by atoms with Crippen LogP contribution in [-0.4, -0.2) is 24.4 Å². The normalized spacial score (nSPS) is 10.1. The number of hydrogen-bond acceptors (Lipinski definition) is 4. The molecular weight excluding hydrogens is 436 g/mol. The highest BCUT2D eigenvalue weighted by atomic mass is 79.9. The monoisotopic (exact) mass is 452 g/mol. The van der Waals surface area contributed by atoms with Crippen molar-refractivity contribution >= 4 is 56.7 Å². The Bertz CT molecular complexity index is 812. The number of hydrogen-bond donors (Lipinski definition) is 2. The Morgan fingerprint density at radius 1 is 0.926 bits per heavy atom. The predicted octanol–water partition coefficient (Wildman–Crippen LogP) is 4.39. The lowest BCUT2D eigenvalue weighted by Gasteiger charge is -2.07. The van der Waals surface area contributed by atoms with Gasteiger partial charge in [-0.2, -0.15) is 0 Å². The van der Waals surface area contributed by atoms with Gasteiger partial charge in [0.2, 0.25) is 5.91 Å². The van der Waals surface area contributed by atoms with Crippen molar-refractivity contribution in [3.8, 4) is 0 Å². The first-order chi connectivity index (χ1) is 12.9. The second kappa shape index (κ2) is 10.7. The molecule has 0 radical (unpaired) electrons. The average Bonchev–Trinajstić information content (AvgIpc) is 2.62. The third-order valence-electron chi connectivity index (χ3n) is 3.39. The van der Waals surface area contributed by atoms with Gasteiger partial charge in [-0.15, -0.1) is 0 Å². The number of nitrogens with one attached hydrogen (secondary N) is 2. The number of esters is 1. The highest BCUT2D eigenvalue weighted by Crippen LogP contribution is 2.16. The molecule has 0 unspecified atom stereocenters. The van der Waals surface area contributed by atoms with Gasteiger partial charge in [-0.05, 0) is 48.9 Å². The molecule has 0 aromatic heterocycles. The molecule has 2 N–H and O–H groups in total. The van der Waals surface area contributed by atoms with Crippen LogP contribution < -0.4 is 10.6 Å². The fourth-order valence-corrected chi connectivity index (χ4v) is 2.59. The minimum Gasteiger partial charge on any atom is -0.456 e. The Kier molecular flexibility index (Phi) is 8.29. The highest BCUT2D eigenvalue weighted by molar-refractivity contribution is 9.10. The van der Waals surface area contributed by atoms with E-state index in [9.17, 15) is 14.4 Å². The molecule has 2 aromatic carbocycles. The lowest BCUT2D eigenvalue weighted by atomic mass is 10.2. The van der Waals surface area contributed by atoms with E-state index in [0.29, 0.717) is 22.8 Å². The van der Waals surface area contributed by atoms with Crippen LogP contribution in [0.2, 0.25) is 5.02 Å². The highest BCUT2D eigenvalue weighted by Gasteiger charge is 2.10. The number of anilines is 2. The number of carbonyl (C=O) groups excluding carboxylic acids is 3. The molecule has 8 heteroatoms. The summed E-state index contributed by atoms with van der Waals surface area (Å²) >= 11 is 9.15. The molecule has 0 saturated carbocycles. The summed E-state index contributed by atoms with van der Waals surface area (Å²) in [5.74, 6) is -1.18. The number of halogens is 2. The number of ether oxygens (including phenoxy) is 1. The lowest BCUT2D eigenvalue weighted by Crippen LogP contribution is -2.21. The van der Waals surface area contributed by atoms with Crippen molar-refractivity contribution in [3.63, 3.8) is 0 Å². The maximum absolute atomic E-state index is 11.8. The van der Waals surface area contributed by atoms with Crippen molar-refractivity contribution < 1.29 is 19.1 Å². The van der Waals surface area contributed by atoms with Crippen molar-refractivity contribution in [1.82, 2.24) is 0 Å². The van der Waals surface area contributed by atoms with E-state index in [0.717, 1.165) is 4.47 Å². The molecule has 2 rings (SSSR count). The Labute approximate surface area is 170 Å². The molecule has 2 amide bonds. The molecule has 6 nitrogen and oxygen atoms in total. The van der Waals surface area contributed by atoms with Gasteiger partial charge in [-0.25, -0.2) is 0 Å². The summed E-state index contributed by atoms with van der Waals surface area (Å²) in [6, 6.07) is 13.8. The van der Waals surface area contributed by atoms with Crippen LogP contribution in [-0.2, 0) is 19.1 Å². The molecule has 142 valence electrons. The predicted molar refractivity (Wildman–Crippen MR) is 108 cm³/mol. The van der Waals surface area contributed by atoms with E-state index in [2.05, 4.69) is 26.6 Å². The van der Waals surface area contributed by atoms with E-state index in [1.54, 1.807) is 48.5 Å². The van der Waals surface area contributed by atoms with E-state index in [1.165, 1.54) is 0 Å². The summed E-state index contributed by atoms with van der Waals surface area (Å²) in [6.07, 6.45) is 0.529. The minimum absolute atomic E-state index is 0.0501. The van der Waals surface area contributed by atoms with E-state index < -0.39 is 11.9 Å². The number of amides is 2. The van der Waals surface area contributed by atoms with Gasteiger partial charge in [0.25, 0.3) is 5.91 Å². The van der Waals surface area contributed by atoms with Gasteiger partial charge in [0.1, 0.15) is 0 Å². The Morgan fingerprint density at radius 2 is 1.63 bits per heavy atom. The topological polar surface area (TPSA) is 84.5 Å². The van der Waals surface area contributed by atoms with Crippen molar-refractivity contribution in [1.29, 1.82) is 0 Å². The molecule has 0 bridgehead atoms. The van der Waals surface area contributed by atoms with Crippen LogP contribution >= 0.6 is 27.5 Å². The van der Waals surface area contributed by atoms with Gasteiger partial charge >= 0.3 is 5.97 Å². The zero-order valence-electron chi connectivity index (χ0n) is 14.3. The first-order valence-corrected chi connectivity index (χ1v) is 9.36. The first-order valence-electron chi connectivity index (χ1n) is 8.19. The molecule has 0 atom stereocenters. The van der Waals surface area contributed by atoms with Gasteiger partial charge in [0, 0.05) is 33.7 Å². The third kappa shape index (κ3) is 8.23. The first kappa shape index (κ1) is 20.9. The second-order valence-corrected chi connectivity index (χ2v) is 6.98. The van der Waals surface area contributed by atoms with Gasteiger partial charge < -0.3 is 15.4 Å². The summed E-state index contributed by atoms with van der Waals surface area (Å²) < 4.78 is 5.80. The summed E-state index contributed by atoms with van der Waals surface area (Å²) in [6.45, 7) is -0.371. The fourth-order valence-electron chi connectivity index (χ4n) is 2.13. The Hall–Kier alpha value is -2.38. The molecule has 0 saturated heterocycles. The quantitative estimate of drug-likeness (QED) is 0.581. The molecule has 0 aliphatic carbocycles.